The molecule has 7 heteroatoms. The summed E-state index contributed by atoms with van der Waals surface area (Å²) in [5, 5.41) is 0. The second-order valence-corrected chi connectivity index (χ2v) is 6.68. The summed E-state index contributed by atoms with van der Waals surface area (Å²) in [5.41, 5.74) is 2.14. The van der Waals surface area contributed by atoms with E-state index in [1.165, 1.54) is 0 Å². The maximum absolute atomic E-state index is 12.7. The third kappa shape index (κ3) is 3.62. The van der Waals surface area contributed by atoms with Gasteiger partial charge in [-0.3, -0.25) is 9.59 Å². The molecule has 3 rings (SSSR count). The summed E-state index contributed by atoms with van der Waals surface area (Å²) < 4.78 is 10.7. The molecule has 0 bridgehead atoms. The molecule has 1 fully saturated rings. The Balaban J connectivity index is 1.68. The Labute approximate surface area is 154 Å². The molecule has 0 unspecified atom stereocenters. The maximum Gasteiger partial charge on any atom is 0.312 e. The lowest BCUT2D eigenvalue weighted by Crippen LogP contribution is -2.53. The fraction of sp³-hybridized carbons (Fsp3) is 0.579. The summed E-state index contributed by atoms with van der Waals surface area (Å²) in [6.45, 7) is 6.95. The van der Waals surface area contributed by atoms with E-state index in [1.54, 1.807) is 24.0 Å². The van der Waals surface area contributed by atoms with Crippen molar-refractivity contribution in [1.82, 2.24) is 14.7 Å². The number of methoxy groups -OCH3 is 2. The standard InChI is InChI=1S/C19H27N3O4/c1-4-20-7-9-21(10-8-20)18(23)19(24)22-6-5-14-11-16(25-2)17(26-3)12-15(14)13-22/h11-12H,4-10,13H2,1-3H3. The average molecular weight is 361 g/mol. The van der Waals surface area contributed by atoms with Crippen molar-refractivity contribution in [1.29, 1.82) is 0 Å². The summed E-state index contributed by atoms with van der Waals surface area (Å²) in [7, 11) is 3.20. The average Bonchev–Trinajstić information content (AvgIpc) is 2.71. The molecule has 142 valence electrons. The van der Waals surface area contributed by atoms with E-state index in [1.807, 2.05) is 12.1 Å². The number of fused-ring (bicyclic) bond motifs is 1. The Morgan fingerprint density at radius 1 is 0.885 bits per heavy atom. The minimum absolute atomic E-state index is 0.385. The number of benzene rings is 1. The Bertz CT molecular complexity index is 684. The lowest BCUT2D eigenvalue weighted by atomic mass is 9.98. The first-order valence-corrected chi connectivity index (χ1v) is 9.11. The van der Waals surface area contributed by atoms with E-state index in [0.29, 0.717) is 44.1 Å². The number of carbonyl (C=O) groups excluding carboxylic acids is 2. The van der Waals surface area contributed by atoms with Gasteiger partial charge in [-0.2, -0.15) is 0 Å². The first-order valence-electron chi connectivity index (χ1n) is 9.11. The summed E-state index contributed by atoms with van der Waals surface area (Å²) in [4.78, 5) is 30.9. The van der Waals surface area contributed by atoms with Crippen molar-refractivity contribution < 1.29 is 19.1 Å². The molecular formula is C19H27N3O4. The molecular weight excluding hydrogens is 334 g/mol. The maximum atomic E-state index is 12.7. The van der Waals surface area contributed by atoms with E-state index >= 15 is 0 Å². The summed E-state index contributed by atoms with van der Waals surface area (Å²) in [5.74, 6) is 0.540. The van der Waals surface area contributed by atoms with Crippen LogP contribution in [0.25, 0.3) is 0 Å². The molecule has 0 saturated carbocycles. The van der Waals surface area contributed by atoms with Crippen LogP contribution in [0.2, 0.25) is 0 Å². The summed E-state index contributed by atoms with van der Waals surface area (Å²) >= 11 is 0. The van der Waals surface area contributed by atoms with Crippen molar-refractivity contribution in [2.45, 2.75) is 19.9 Å². The molecule has 0 aliphatic carbocycles. The number of carbonyl (C=O) groups is 2. The molecule has 1 saturated heterocycles. The number of rotatable bonds is 3. The number of nitrogens with zero attached hydrogens (tertiary/aromatic N) is 3. The molecule has 0 radical (unpaired) electrons. The largest absolute Gasteiger partial charge is 0.493 e. The van der Waals surface area contributed by atoms with Crippen molar-refractivity contribution in [3.63, 3.8) is 0 Å². The van der Waals surface area contributed by atoms with Crippen LogP contribution in [0, 0.1) is 0 Å². The van der Waals surface area contributed by atoms with Crippen LogP contribution in [-0.4, -0.2) is 80.0 Å². The lowest BCUT2D eigenvalue weighted by Gasteiger charge is -2.35. The zero-order valence-corrected chi connectivity index (χ0v) is 15.8. The number of hydrogen-bond donors (Lipinski definition) is 0. The molecule has 26 heavy (non-hydrogen) atoms. The first-order chi connectivity index (χ1) is 12.6. The van der Waals surface area contributed by atoms with Crippen LogP contribution in [-0.2, 0) is 22.6 Å². The molecule has 0 spiro atoms. The van der Waals surface area contributed by atoms with Gasteiger partial charge in [0.1, 0.15) is 0 Å². The molecule has 2 aliphatic heterocycles. The number of ether oxygens (including phenoxy) is 2. The molecule has 0 N–H and O–H groups in total. The van der Waals surface area contributed by atoms with Gasteiger partial charge in [-0.1, -0.05) is 6.92 Å². The predicted octanol–water partition coefficient (Wildman–Crippen LogP) is 0.753. The topological polar surface area (TPSA) is 62.3 Å². The van der Waals surface area contributed by atoms with Crippen LogP contribution in [0.4, 0.5) is 0 Å². The van der Waals surface area contributed by atoms with Gasteiger partial charge in [0.2, 0.25) is 0 Å². The van der Waals surface area contributed by atoms with Gasteiger partial charge in [0.15, 0.2) is 11.5 Å². The number of likely N-dealkylation sites (N-methyl/N-ethyl adjacent to an activating group) is 1. The molecule has 0 atom stereocenters. The highest BCUT2D eigenvalue weighted by atomic mass is 16.5. The van der Waals surface area contributed by atoms with Gasteiger partial charge in [0.25, 0.3) is 0 Å². The quantitative estimate of drug-likeness (QED) is 0.744. The molecule has 2 aliphatic rings. The Kier molecular flexibility index (Phi) is 5.66. The highest BCUT2D eigenvalue weighted by Crippen LogP contribution is 2.33. The minimum Gasteiger partial charge on any atom is -0.493 e. The van der Waals surface area contributed by atoms with Crippen molar-refractivity contribution in [3.8, 4) is 11.5 Å². The zero-order chi connectivity index (χ0) is 18.7. The van der Waals surface area contributed by atoms with Crippen LogP contribution in [0.3, 0.4) is 0 Å². The van der Waals surface area contributed by atoms with E-state index in [4.69, 9.17) is 9.47 Å². The monoisotopic (exact) mass is 361 g/mol. The van der Waals surface area contributed by atoms with Crippen LogP contribution in [0.5, 0.6) is 11.5 Å². The smallest absolute Gasteiger partial charge is 0.312 e. The van der Waals surface area contributed by atoms with Gasteiger partial charge in [0, 0.05) is 39.3 Å². The van der Waals surface area contributed by atoms with E-state index in [2.05, 4.69) is 11.8 Å². The van der Waals surface area contributed by atoms with Crippen molar-refractivity contribution in [3.05, 3.63) is 23.3 Å². The molecule has 1 aromatic carbocycles. The van der Waals surface area contributed by atoms with Gasteiger partial charge in [-0.05, 0) is 36.2 Å². The molecule has 2 amide bonds. The SMILES string of the molecule is CCN1CCN(C(=O)C(=O)N2CCc3cc(OC)c(OC)cc3C2)CC1. The fourth-order valence-electron chi connectivity index (χ4n) is 3.59. The van der Waals surface area contributed by atoms with Crippen LogP contribution < -0.4 is 9.47 Å². The Morgan fingerprint density at radius 3 is 2.04 bits per heavy atom. The molecule has 0 aromatic heterocycles. The van der Waals surface area contributed by atoms with E-state index in [-0.39, 0.29) is 5.91 Å². The number of piperazine rings is 1. The van der Waals surface area contributed by atoms with Gasteiger partial charge in [0.05, 0.1) is 14.2 Å². The normalized spacial score (nSPS) is 17.7. The van der Waals surface area contributed by atoms with E-state index in [0.717, 1.165) is 30.8 Å². The number of hydrogen-bond acceptors (Lipinski definition) is 5. The summed E-state index contributed by atoms with van der Waals surface area (Å²) in [6, 6.07) is 3.86. The zero-order valence-electron chi connectivity index (χ0n) is 15.8. The Morgan fingerprint density at radius 2 is 1.46 bits per heavy atom. The predicted molar refractivity (Wildman–Crippen MR) is 97.4 cm³/mol. The van der Waals surface area contributed by atoms with Gasteiger partial charge < -0.3 is 24.2 Å². The highest BCUT2D eigenvalue weighted by Gasteiger charge is 2.31. The summed E-state index contributed by atoms with van der Waals surface area (Å²) in [6.07, 6.45) is 0.707. The fourth-order valence-corrected chi connectivity index (χ4v) is 3.59. The van der Waals surface area contributed by atoms with Crippen LogP contribution in [0.1, 0.15) is 18.1 Å². The van der Waals surface area contributed by atoms with Crippen molar-refractivity contribution >= 4 is 11.8 Å². The van der Waals surface area contributed by atoms with Crippen molar-refractivity contribution in [2.75, 3.05) is 53.5 Å². The van der Waals surface area contributed by atoms with Crippen LogP contribution >= 0.6 is 0 Å². The van der Waals surface area contributed by atoms with Gasteiger partial charge in [-0.15, -0.1) is 0 Å². The van der Waals surface area contributed by atoms with Crippen molar-refractivity contribution in [2.24, 2.45) is 0 Å². The van der Waals surface area contributed by atoms with Gasteiger partial charge >= 0.3 is 11.8 Å². The molecule has 1 aromatic rings. The van der Waals surface area contributed by atoms with E-state index in [9.17, 15) is 9.59 Å². The first kappa shape index (κ1) is 18.5. The Hall–Kier alpha value is -2.28. The second-order valence-electron chi connectivity index (χ2n) is 6.68. The van der Waals surface area contributed by atoms with Gasteiger partial charge in [-0.25, -0.2) is 0 Å². The van der Waals surface area contributed by atoms with Crippen LogP contribution in [0.15, 0.2) is 12.1 Å². The second kappa shape index (κ2) is 7.95. The molecule has 7 nitrogen and oxygen atoms in total. The lowest BCUT2D eigenvalue weighted by molar-refractivity contribution is -0.153. The third-order valence-corrected chi connectivity index (χ3v) is 5.29. The third-order valence-electron chi connectivity index (χ3n) is 5.29. The highest BCUT2D eigenvalue weighted by molar-refractivity contribution is 6.34. The van der Waals surface area contributed by atoms with E-state index < -0.39 is 5.91 Å². The molecule has 2 heterocycles. The number of amides is 2. The minimum atomic E-state index is -0.407.